The van der Waals surface area contributed by atoms with Crippen molar-refractivity contribution < 1.29 is 0 Å². The van der Waals surface area contributed by atoms with Crippen LogP contribution in [0.25, 0.3) is 0 Å². The van der Waals surface area contributed by atoms with Crippen molar-refractivity contribution >= 4 is 22.7 Å². The molecular formula is C14H18N2S2. The smallest absolute Gasteiger partial charge is 0.0485 e. The lowest BCUT2D eigenvalue weighted by Gasteiger charge is -2.30. The summed E-state index contributed by atoms with van der Waals surface area (Å²) < 4.78 is 0. The molecule has 0 amide bonds. The third-order valence-corrected chi connectivity index (χ3v) is 4.95. The maximum absolute atomic E-state index is 6.02. The second-order valence-electron chi connectivity index (χ2n) is 4.84. The van der Waals surface area contributed by atoms with Gasteiger partial charge in [-0.2, -0.15) is 22.7 Å². The Morgan fingerprint density at radius 1 is 1.22 bits per heavy atom. The number of nitrogens with zero attached hydrogens (tertiary/aromatic N) is 1. The Labute approximate surface area is 116 Å². The molecule has 1 aliphatic carbocycles. The van der Waals surface area contributed by atoms with Crippen molar-refractivity contribution in [2.75, 3.05) is 6.54 Å². The summed E-state index contributed by atoms with van der Waals surface area (Å²) in [6.45, 7) is 1.74. The average molecular weight is 278 g/mol. The van der Waals surface area contributed by atoms with Crippen LogP contribution in [0.1, 0.15) is 30.0 Å². The summed E-state index contributed by atoms with van der Waals surface area (Å²) in [5.74, 6) is 0. The predicted molar refractivity (Wildman–Crippen MR) is 79.0 cm³/mol. The van der Waals surface area contributed by atoms with Crippen molar-refractivity contribution in [2.24, 2.45) is 5.73 Å². The van der Waals surface area contributed by atoms with E-state index in [9.17, 15) is 0 Å². The maximum Gasteiger partial charge on any atom is 0.0485 e. The van der Waals surface area contributed by atoms with Gasteiger partial charge in [0.2, 0.25) is 0 Å². The average Bonchev–Trinajstić information content (AvgIpc) is 2.89. The van der Waals surface area contributed by atoms with Gasteiger partial charge in [0.15, 0.2) is 0 Å². The molecule has 0 bridgehead atoms. The van der Waals surface area contributed by atoms with Gasteiger partial charge in [-0.1, -0.05) is 0 Å². The Morgan fingerprint density at radius 2 is 2.00 bits per heavy atom. The van der Waals surface area contributed by atoms with Gasteiger partial charge in [-0.15, -0.1) is 0 Å². The molecule has 1 unspecified atom stereocenters. The lowest BCUT2D eigenvalue weighted by Crippen LogP contribution is -2.34. The number of rotatable bonds is 6. The molecule has 0 saturated heterocycles. The van der Waals surface area contributed by atoms with Crippen LogP contribution in [0.4, 0.5) is 0 Å². The molecular weight excluding hydrogens is 260 g/mol. The van der Waals surface area contributed by atoms with E-state index < -0.39 is 0 Å². The molecule has 1 aliphatic rings. The standard InChI is InChI=1S/C14H18N2S2/c15-7-14(12-4-6-18-10-12)16(13-1-2-13)8-11-3-5-17-9-11/h3-6,9-10,13-14H,1-2,7-8,15H2. The highest BCUT2D eigenvalue weighted by Gasteiger charge is 2.34. The minimum atomic E-state index is 0.378. The van der Waals surface area contributed by atoms with E-state index >= 15 is 0 Å². The van der Waals surface area contributed by atoms with Crippen molar-refractivity contribution in [3.05, 3.63) is 44.8 Å². The van der Waals surface area contributed by atoms with E-state index in [1.807, 2.05) is 0 Å². The van der Waals surface area contributed by atoms with Crippen LogP contribution in [-0.2, 0) is 6.54 Å². The van der Waals surface area contributed by atoms with Gasteiger partial charge in [-0.05, 0) is 57.6 Å². The SMILES string of the molecule is NCC(c1ccsc1)N(Cc1ccsc1)C1CC1. The zero-order chi connectivity index (χ0) is 12.4. The first-order valence-corrected chi connectivity index (χ1v) is 8.26. The first kappa shape index (κ1) is 12.4. The molecule has 2 N–H and O–H groups in total. The van der Waals surface area contributed by atoms with Gasteiger partial charge in [0, 0.05) is 25.2 Å². The fourth-order valence-corrected chi connectivity index (χ4v) is 3.79. The fourth-order valence-electron chi connectivity index (χ4n) is 2.42. The lowest BCUT2D eigenvalue weighted by molar-refractivity contribution is 0.182. The van der Waals surface area contributed by atoms with Crippen molar-refractivity contribution in [3.63, 3.8) is 0 Å². The summed E-state index contributed by atoms with van der Waals surface area (Å²) in [4.78, 5) is 2.59. The van der Waals surface area contributed by atoms with Gasteiger partial charge in [-0.3, -0.25) is 4.90 Å². The summed E-state index contributed by atoms with van der Waals surface area (Å²) in [5.41, 5.74) is 8.82. The zero-order valence-electron chi connectivity index (χ0n) is 10.3. The van der Waals surface area contributed by atoms with Crippen LogP contribution in [0.2, 0.25) is 0 Å². The summed E-state index contributed by atoms with van der Waals surface area (Å²) in [6.07, 6.45) is 2.65. The van der Waals surface area contributed by atoms with Crippen LogP contribution in [0.3, 0.4) is 0 Å². The number of nitrogens with two attached hydrogens (primary N) is 1. The van der Waals surface area contributed by atoms with E-state index in [1.165, 1.54) is 24.0 Å². The molecule has 2 aromatic heterocycles. The quantitative estimate of drug-likeness (QED) is 0.876. The molecule has 2 aromatic rings. The third kappa shape index (κ3) is 2.67. The maximum atomic E-state index is 6.02. The second-order valence-corrected chi connectivity index (χ2v) is 6.40. The van der Waals surface area contributed by atoms with Gasteiger partial charge in [0.1, 0.15) is 0 Å². The van der Waals surface area contributed by atoms with Gasteiger partial charge >= 0.3 is 0 Å². The summed E-state index contributed by atoms with van der Waals surface area (Å²) in [6, 6.07) is 5.55. The Kier molecular flexibility index (Phi) is 3.80. The first-order valence-electron chi connectivity index (χ1n) is 6.37. The van der Waals surface area contributed by atoms with E-state index in [0.29, 0.717) is 12.6 Å². The van der Waals surface area contributed by atoms with E-state index in [2.05, 4.69) is 38.6 Å². The molecule has 0 aliphatic heterocycles. The monoisotopic (exact) mass is 278 g/mol. The molecule has 2 nitrogen and oxygen atoms in total. The van der Waals surface area contributed by atoms with Crippen molar-refractivity contribution in [1.82, 2.24) is 4.90 Å². The summed E-state index contributed by atoms with van der Waals surface area (Å²) >= 11 is 3.54. The molecule has 1 fully saturated rings. The van der Waals surface area contributed by atoms with E-state index in [0.717, 1.165) is 12.6 Å². The fraction of sp³-hybridized carbons (Fsp3) is 0.429. The van der Waals surface area contributed by atoms with Crippen LogP contribution < -0.4 is 5.73 Å². The molecule has 1 saturated carbocycles. The summed E-state index contributed by atoms with van der Waals surface area (Å²) in [5, 5.41) is 8.78. The molecule has 0 spiro atoms. The van der Waals surface area contributed by atoms with Gasteiger partial charge in [-0.25, -0.2) is 0 Å². The molecule has 3 rings (SSSR count). The van der Waals surface area contributed by atoms with Crippen LogP contribution in [0.15, 0.2) is 33.7 Å². The highest BCUT2D eigenvalue weighted by Crippen LogP contribution is 2.36. The Hall–Kier alpha value is -0.680. The minimum absolute atomic E-state index is 0.378. The topological polar surface area (TPSA) is 29.3 Å². The second kappa shape index (κ2) is 5.53. The molecule has 0 radical (unpaired) electrons. The lowest BCUT2D eigenvalue weighted by atomic mass is 10.1. The number of hydrogen-bond acceptors (Lipinski definition) is 4. The Balaban J connectivity index is 1.79. The highest BCUT2D eigenvalue weighted by atomic mass is 32.1. The van der Waals surface area contributed by atoms with Crippen LogP contribution in [-0.4, -0.2) is 17.5 Å². The Morgan fingerprint density at radius 3 is 2.56 bits per heavy atom. The van der Waals surface area contributed by atoms with E-state index in [1.54, 1.807) is 22.7 Å². The molecule has 96 valence electrons. The first-order chi connectivity index (χ1) is 8.88. The minimum Gasteiger partial charge on any atom is -0.329 e. The zero-order valence-corrected chi connectivity index (χ0v) is 11.9. The van der Waals surface area contributed by atoms with E-state index in [4.69, 9.17) is 5.73 Å². The Bertz CT molecular complexity index is 460. The molecule has 18 heavy (non-hydrogen) atoms. The molecule has 0 aromatic carbocycles. The third-order valence-electron chi connectivity index (χ3n) is 3.51. The number of thiophene rings is 2. The highest BCUT2D eigenvalue weighted by molar-refractivity contribution is 7.08. The van der Waals surface area contributed by atoms with Crippen LogP contribution >= 0.6 is 22.7 Å². The predicted octanol–water partition coefficient (Wildman–Crippen LogP) is 3.47. The van der Waals surface area contributed by atoms with Gasteiger partial charge < -0.3 is 5.73 Å². The molecule has 2 heterocycles. The normalized spacial score (nSPS) is 17.2. The van der Waals surface area contributed by atoms with Crippen LogP contribution in [0, 0.1) is 0 Å². The van der Waals surface area contributed by atoms with Crippen molar-refractivity contribution in [1.29, 1.82) is 0 Å². The van der Waals surface area contributed by atoms with Gasteiger partial charge in [0.25, 0.3) is 0 Å². The van der Waals surface area contributed by atoms with Gasteiger partial charge in [0.05, 0.1) is 0 Å². The van der Waals surface area contributed by atoms with Crippen LogP contribution in [0.5, 0.6) is 0 Å². The summed E-state index contributed by atoms with van der Waals surface area (Å²) in [7, 11) is 0. The largest absolute Gasteiger partial charge is 0.329 e. The molecule has 1 atom stereocenters. The van der Waals surface area contributed by atoms with Crippen molar-refractivity contribution in [3.8, 4) is 0 Å². The number of hydrogen-bond donors (Lipinski definition) is 1. The van der Waals surface area contributed by atoms with Crippen molar-refractivity contribution in [2.45, 2.75) is 31.5 Å². The molecule has 4 heteroatoms. The van der Waals surface area contributed by atoms with E-state index in [-0.39, 0.29) is 0 Å².